The van der Waals surface area contributed by atoms with Crippen molar-refractivity contribution in [1.82, 2.24) is 5.32 Å². The van der Waals surface area contributed by atoms with Gasteiger partial charge in [0.1, 0.15) is 0 Å². The fourth-order valence-electron chi connectivity index (χ4n) is 2.57. The van der Waals surface area contributed by atoms with E-state index in [1.54, 1.807) is 0 Å². The minimum atomic E-state index is 0.747. The Morgan fingerprint density at radius 3 is 2.83 bits per heavy atom. The smallest absolute Gasteiger partial charge is 0.0992 e. The van der Waals surface area contributed by atoms with Crippen LogP contribution in [0.15, 0.2) is 24.3 Å². The highest BCUT2D eigenvalue weighted by Gasteiger charge is 2.16. The van der Waals surface area contributed by atoms with Gasteiger partial charge in [-0.25, -0.2) is 0 Å². The summed E-state index contributed by atoms with van der Waals surface area (Å²) in [5.74, 6) is 0.775. The zero-order valence-electron chi connectivity index (χ0n) is 11.0. The minimum Gasteiger partial charge on any atom is -0.371 e. The van der Waals surface area contributed by atoms with Gasteiger partial charge in [-0.2, -0.15) is 5.26 Å². The summed E-state index contributed by atoms with van der Waals surface area (Å²) >= 11 is 0. The molecule has 1 fully saturated rings. The van der Waals surface area contributed by atoms with E-state index in [2.05, 4.69) is 29.3 Å². The fourth-order valence-corrected chi connectivity index (χ4v) is 2.57. The average Bonchev–Trinajstić information content (AvgIpc) is 2.46. The van der Waals surface area contributed by atoms with Crippen LogP contribution in [0.2, 0.25) is 0 Å². The number of nitrogens with zero attached hydrogens (tertiary/aromatic N) is 2. The van der Waals surface area contributed by atoms with Gasteiger partial charge < -0.3 is 10.2 Å². The Bertz CT molecular complexity index is 416. The lowest BCUT2D eigenvalue weighted by molar-refractivity contribution is 0.374. The van der Waals surface area contributed by atoms with E-state index < -0.39 is 0 Å². The van der Waals surface area contributed by atoms with Gasteiger partial charge in [0.15, 0.2) is 0 Å². The van der Waals surface area contributed by atoms with E-state index in [0.717, 1.165) is 37.7 Å². The molecule has 3 heteroatoms. The van der Waals surface area contributed by atoms with Crippen molar-refractivity contribution in [1.29, 1.82) is 5.26 Å². The van der Waals surface area contributed by atoms with Gasteiger partial charge in [-0.05, 0) is 57.0 Å². The van der Waals surface area contributed by atoms with Gasteiger partial charge in [-0.3, -0.25) is 0 Å². The van der Waals surface area contributed by atoms with Gasteiger partial charge in [0.2, 0.25) is 0 Å². The van der Waals surface area contributed by atoms with Crippen molar-refractivity contribution in [2.75, 3.05) is 31.1 Å². The van der Waals surface area contributed by atoms with Gasteiger partial charge in [-0.1, -0.05) is 6.07 Å². The van der Waals surface area contributed by atoms with Crippen molar-refractivity contribution in [3.05, 3.63) is 29.8 Å². The fraction of sp³-hybridized carbons (Fsp3) is 0.533. The Morgan fingerprint density at radius 2 is 2.17 bits per heavy atom. The number of nitriles is 1. The van der Waals surface area contributed by atoms with E-state index in [0.29, 0.717) is 0 Å². The first-order chi connectivity index (χ1) is 8.83. The highest BCUT2D eigenvalue weighted by molar-refractivity contribution is 5.51. The maximum absolute atomic E-state index is 8.96. The molecule has 0 aromatic heterocycles. The van der Waals surface area contributed by atoms with Crippen LogP contribution < -0.4 is 10.2 Å². The van der Waals surface area contributed by atoms with Crippen LogP contribution >= 0.6 is 0 Å². The summed E-state index contributed by atoms with van der Waals surface area (Å²) in [7, 11) is 0. The molecule has 0 unspecified atom stereocenters. The molecule has 1 heterocycles. The molecule has 96 valence electrons. The Hall–Kier alpha value is -1.53. The average molecular weight is 243 g/mol. The number of benzene rings is 1. The maximum atomic E-state index is 8.96. The molecule has 1 aliphatic heterocycles. The number of anilines is 1. The Balaban J connectivity index is 2.05. The number of hydrogen-bond acceptors (Lipinski definition) is 3. The summed E-state index contributed by atoms with van der Waals surface area (Å²) < 4.78 is 0. The maximum Gasteiger partial charge on any atom is 0.0992 e. The molecule has 0 aliphatic carbocycles. The molecule has 1 saturated heterocycles. The van der Waals surface area contributed by atoms with Crippen molar-refractivity contribution >= 4 is 5.69 Å². The van der Waals surface area contributed by atoms with Crippen molar-refractivity contribution in [2.45, 2.75) is 19.8 Å². The largest absolute Gasteiger partial charge is 0.371 e. The van der Waals surface area contributed by atoms with Crippen molar-refractivity contribution in [3.8, 4) is 6.07 Å². The van der Waals surface area contributed by atoms with Crippen LogP contribution in [0.3, 0.4) is 0 Å². The van der Waals surface area contributed by atoms with E-state index in [4.69, 9.17) is 5.26 Å². The van der Waals surface area contributed by atoms with Crippen molar-refractivity contribution < 1.29 is 0 Å². The molecule has 1 aromatic carbocycles. The molecule has 0 radical (unpaired) electrons. The second-order valence-corrected chi connectivity index (χ2v) is 4.89. The lowest BCUT2D eigenvalue weighted by atomic mass is 9.97. The Labute approximate surface area is 109 Å². The summed E-state index contributed by atoms with van der Waals surface area (Å²) in [5.41, 5.74) is 1.92. The van der Waals surface area contributed by atoms with Gasteiger partial charge in [-0.15, -0.1) is 0 Å². The molecule has 0 spiro atoms. The van der Waals surface area contributed by atoms with Crippen LogP contribution in [0, 0.1) is 17.2 Å². The molecule has 1 aliphatic rings. The highest BCUT2D eigenvalue weighted by Crippen LogP contribution is 2.20. The molecule has 0 saturated carbocycles. The molecule has 1 aromatic rings. The first kappa shape index (κ1) is 12.9. The number of piperidine rings is 1. The summed E-state index contributed by atoms with van der Waals surface area (Å²) in [6.07, 6.45) is 2.52. The number of rotatable bonds is 4. The van der Waals surface area contributed by atoms with Gasteiger partial charge in [0.25, 0.3) is 0 Å². The Kier molecular flexibility index (Phi) is 4.60. The molecule has 0 amide bonds. The molecule has 1 N–H and O–H groups in total. The SMILES string of the molecule is CCN(CC1CCNCC1)c1cccc(C#N)c1. The molecule has 18 heavy (non-hydrogen) atoms. The zero-order chi connectivity index (χ0) is 12.8. The topological polar surface area (TPSA) is 39.1 Å². The third kappa shape index (κ3) is 3.24. The molecular formula is C15H21N3. The van der Waals surface area contributed by atoms with E-state index in [-0.39, 0.29) is 0 Å². The normalized spacial score (nSPS) is 16.2. The second kappa shape index (κ2) is 6.42. The molecule has 0 bridgehead atoms. The Morgan fingerprint density at radius 1 is 1.39 bits per heavy atom. The van der Waals surface area contributed by atoms with E-state index >= 15 is 0 Å². The predicted octanol–water partition coefficient (Wildman–Crippen LogP) is 2.38. The van der Waals surface area contributed by atoms with Crippen LogP contribution in [0.25, 0.3) is 0 Å². The molecule has 0 atom stereocenters. The van der Waals surface area contributed by atoms with Crippen LogP contribution in [0.5, 0.6) is 0 Å². The standard InChI is InChI=1S/C15H21N3/c1-2-18(12-13-6-8-17-9-7-13)15-5-3-4-14(10-15)11-16/h3-5,10,13,17H,2,6-9,12H2,1H3. The molecule has 3 nitrogen and oxygen atoms in total. The molecule has 2 rings (SSSR count). The molecular weight excluding hydrogens is 222 g/mol. The quantitative estimate of drug-likeness (QED) is 0.882. The lowest BCUT2D eigenvalue weighted by Crippen LogP contribution is -2.36. The van der Waals surface area contributed by atoms with Gasteiger partial charge in [0, 0.05) is 18.8 Å². The summed E-state index contributed by atoms with van der Waals surface area (Å²) in [6, 6.07) is 10.1. The van der Waals surface area contributed by atoms with Crippen LogP contribution in [0.1, 0.15) is 25.3 Å². The van der Waals surface area contributed by atoms with E-state index in [9.17, 15) is 0 Å². The zero-order valence-corrected chi connectivity index (χ0v) is 11.0. The van der Waals surface area contributed by atoms with Gasteiger partial charge in [0.05, 0.1) is 11.6 Å². The first-order valence-electron chi connectivity index (χ1n) is 6.79. The van der Waals surface area contributed by atoms with Crippen LogP contribution in [-0.2, 0) is 0 Å². The van der Waals surface area contributed by atoms with E-state index in [1.807, 2.05) is 18.2 Å². The first-order valence-corrected chi connectivity index (χ1v) is 6.79. The third-order valence-electron chi connectivity index (χ3n) is 3.66. The number of hydrogen-bond donors (Lipinski definition) is 1. The summed E-state index contributed by atoms with van der Waals surface area (Å²) in [5, 5.41) is 12.4. The van der Waals surface area contributed by atoms with Crippen molar-refractivity contribution in [3.63, 3.8) is 0 Å². The van der Waals surface area contributed by atoms with Crippen LogP contribution in [0.4, 0.5) is 5.69 Å². The van der Waals surface area contributed by atoms with Gasteiger partial charge >= 0.3 is 0 Å². The number of nitrogens with one attached hydrogen (secondary N) is 1. The highest BCUT2D eigenvalue weighted by atomic mass is 15.1. The monoisotopic (exact) mass is 243 g/mol. The summed E-state index contributed by atoms with van der Waals surface area (Å²) in [6.45, 7) is 6.56. The summed E-state index contributed by atoms with van der Waals surface area (Å²) in [4.78, 5) is 2.39. The van der Waals surface area contributed by atoms with E-state index in [1.165, 1.54) is 18.5 Å². The second-order valence-electron chi connectivity index (χ2n) is 4.89. The predicted molar refractivity (Wildman–Crippen MR) is 74.6 cm³/mol. The van der Waals surface area contributed by atoms with Crippen LogP contribution in [-0.4, -0.2) is 26.2 Å². The minimum absolute atomic E-state index is 0.747. The third-order valence-corrected chi connectivity index (χ3v) is 3.66. The van der Waals surface area contributed by atoms with Crippen molar-refractivity contribution in [2.24, 2.45) is 5.92 Å². The lowest BCUT2D eigenvalue weighted by Gasteiger charge is -2.31.